The van der Waals surface area contributed by atoms with Crippen molar-refractivity contribution in [2.75, 3.05) is 6.61 Å². The van der Waals surface area contributed by atoms with Gasteiger partial charge in [0, 0.05) is 37.0 Å². The molecule has 1 rings (SSSR count). The summed E-state index contributed by atoms with van der Waals surface area (Å²) < 4.78 is 1.94. The highest BCUT2D eigenvalue weighted by molar-refractivity contribution is 5.09. The molecular weight excluding hydrogens is 226 g/mol. The Morgan fingerprint density at radius 1 is 1.44 bits per heavy atom. The zero-order valence-electron chi connectivity index (χ0n) is 12.3. The first kappa shape index (κ1) is 15.2. The first-order valence-corrected chi connectivity index (χ1v) is 6.77. The van der Waals surface area contributed by atoms with Gasteiger partial charge in [0.1, 0.15) is 0 Å². The Morgan fingerprint density at radius 3 is 2.56 bits per heavy atom. The van der Waals surface area contributed by atoms with Gasteiger partial charge in [-0.25, -0.2) is 0 Å². The fourth-order valence-electron chi connectivity index (χ4n) is 2.07. The molecule has 0 aliphatic heterocycles. The van der Waals surface area contributed by atoms with Crippen molar-refractivity contribution in [3.05, 3.63) is 18.0 Å². The van der Waals surface area contributed by atoms with Crippen LogP contribution < -0.4 is 5.32 Å². The van der Waals surface area contributed by atoms with Gasteiger partial charge in [0.25, 0.3) is 0 Å². The number of aliphatic hydroxyl groups is 1. The maximum Gasteiger partial charge on any atom is 0.0537 e. The third-order valence-electron chi connectivity index (χ3n) is 3.39. The van der Waals surface area contributed by atoms with E-state index in [1.807, 2.05) is 10.9 Å². The largest absolute Gasteiger partial charge is 0.396 e. The molecule has 2 unspecified atom stereocenters. The van der Waals surface area contributed by atoms with E-state index in [-0.39, 0.29) is 18.1 Å². The molecule has 0 radical (unpaired) electrons. The lowest BCUT2D eigenvalue weighted by Crippen LogP contribution is -2.42. The summed E-state index contributed by atoms with van der Waals surface area (Å²) in [5.41, 5.74) is 1.33. The van der Waals surface area contributed by atoms with E-state index < -0.39 is 0 Å². The Labute approximate surface area is 110 Å². The molecule has 0 fully saturated rings. The summed E-state index contributed by atoms with van der Waals surface area (Å²) in [7, 11) is 0. The smallest absolute Gasteiger partial charge is 0.0537 e. The molecule has 18 heavy (non-hydrogen) atoms. The molecule has 0 saturated carbocycles. The second-order valence-corrected chi connectivity index (χ2v) is 5.95. The van der Waals surface area contributed by atoms with Gasteiger partial charge in [-0.1, -0.05) is 20.8 Å². The Hall–Kier alpha value is -0.870. The number of nitrogens with one attached hydrogen (secondary N) is 1. The molecule has 0 saturated heterocycles. The van der Waals surface area contributed by atoms with Crippen molar-refractivity contribution in [1.29, 1.82) is 0 Å². The van der Waals surface area contributed by atoms with E-state index in [9.17, 15) is 0 Å². The molecule has 0 amide bonds. The molecule has 104 valence electrons. The lowest BCUT2D eigenvalue weighted by molar-refractivity contribution is 0.188. The van der Waals surface area contributed by atoms with Crippen LogP contribution in [0.2, 0.25) is 0 Å². The summed E-state index contributed by atoms with van der Waals surface area (Å²) in [4.78, 5) is 0. The molecule has 1 aromatic rings. The second kappa shape index (κ2) is 6.34. The van der Waals surface area contributed by atoms with Gasteiger partial charge < -0.3 is 10.4 Å². The van der Waals surface area contributed by atoms with Crippen LogP contribution in [0.3, 0.4) is 0 Å². The Balaban J connectivity index is 2.68. The van der Waals surface area contributed by atoms with Gasteiger partial charge in [0.2, 0.25) is 0 Å². The predicted molar refractivity (Wildman–Crippen MR) is 74.4 cm³/mol. The average molecular weight is 253 g/mol. The Bertz CT molecular complexity index is 354. The van der Waals surface area contributed by atoms with Gasteiger partial charge in [-0.15, -0.1) is 0 Å². The number of aliphatic hydroxyl groups excluding tert-OH is 1. The third kappa shape index (κ3) is 4.10. The lowest BCUT2D eigenvalue weighted by atomic mass is 9.84. The van der Waals surface area contributed by atoms with Gasteiger partial charge in [-0.05, 0) is 25.7 Å². The van der Waals surface area contributed by atoms with Crippen LogP contribution in [-0.2, 0) is 6.54 Å². The van der Waals surface area contributed by atoms with E-state index >= 15 is 0 Å². The van der Waals surface area contributed by atoms with Crippen molar-refractivity contribution in [3.63, 3.8) is 0 Å². The number of hydrogen-bond donors (Lipinski definition) is 2. The molecule has 1 aromatic heterocycles. The van der Waals surface area contributed by atoms with Gasteiger partial charge in [0.05, 0.1) is 6.20 Å². The van der Waals surface area contributed by atoms with Crippen LogP contribution in [0.1, 0.15) is 52.6 Å². The van der Waals surface area contributed by atoms with Gasteiger partial charge in [-0.2, -0.15) is 5.10 Å². The number of nitrogens with zero attached hydrogens (tertiary/aromatic N) is 2. The topological polar surface area (TPSA) is 50.1 Å². The summed E-state index contributed by atoms with van der Waals surface area (Å²) >= 11 is 0. The van der Waals surface area contributed by atoms with E-state index in [4.69, 9.17) is 5.11 Å². The molecule has 2 N–H and O–H groups in total. The van der Waals surface area contributed by atoms with Crippen LogP contribution in [-0.4, -0.2) is 27.5 Å². The number of aryl methyl sites for hydroxylation is 1. The van der Waals surface area contributed by atoms with Crippen molar-refractivity contribution in [2.45, 2.75) is 59.7 Å². The maximum atomic E-state index is 9.17. The van der Waals surface area contributed by atoms with E-state index in [0.29, 0.717) is 6.04 Å². The molecule has 4 nitrogen and oxygen atoms in total. The lowest BCUT2D eigenvalue weighted by Gasteiger charge is -2.33. The maximum absolute atomic E-state index is 9.17. The molecular formula is C14H27N3O. The van der Waals surface area contributed by atoms with E-state index in [0.717, 1.165) is 13.0 Å². The fraction of sp³-hybridized carbons (Fsp3) is 0.786. The predicted octanol–water partition coefficient (Wildman–Crippen LogP) is 2.35. The van der Waals surface area contributed by atoms with Crippen LogP contribution in [0.15, 0.2) is 12.4 Å². The van der Waals surface area contributed by atoms with E-state index in [1.54, 1.807) is 0 Å². The molecule has 1 heterocycles. The van der Waals surface area contributed by atoms with Crippen LogP contribution in [0, 0.1) is 5.41 Å². The number of aromatic nitrogens is 2. The normalized spacial score (nSPS) is 15.7. The molecule has 0 spiro atoms. The third-order valence-corrected chi connectivity index (χ3v) is 3.39. The summed E-state index contributed by atoms with van der Waals surface area (Å²) in [6.45, 7) is 11.9. The van der Waals surface area contributed by atoms with Crippen molar-refractivity contribution in [2.24, 2.45) is 5.41 Å². The molecule has 0 aliphatic carbocycles. The Kier molecular flexibility index (Phi) is 5.35. The first-order chi connectivity index (χ1) is 8.38. The minimum atomic E-state index is 0.137. The van der Waals surface area contributed by atoms with Crippen LogP contribution in [0.5, 0.6) is 0 Å². The summed E-state index contributed by atoms with van der Waals surface area (Å²) in [6.07, 6.45) is 4.77. The molecule has 0 bridgehead atoms. The summed E-state index contributed by atoms with van der Waals surface area (Å²) in [5, 5.41) is 17.1. The first-order valence-electron chi connectivity index (χ1n) is 6.77. The van der Waals surface area contributed by atoms with Crippen LogP contribution in [0.4, 0.5) is 0 Å². The van der Waals surface area contributed by atoms with Crippen LogP contribution >= 0.6 is 0 Å². The standard InChI is InChI=1S/C14H27N3O/c1-6-17-10-12(9-15-17)11(2)16-13(7-8-18)14(3,4)5/h9-11,13,16,18H,6-8H2,1-5H3. The molecule has 0 aliphatic rings. The summed E-state index contributed by atoms with van der Waals surface area (Å²) in [6, 6.07) is 0.545. The van der Waals surface area contributed by atoms with Crippen LogP contribution in [0.25, 0.3) is 0 Å². The van der Waals surface area contributed by atoms with Gasteiger partial charge in [-0.3, -0.25) is 4.68 Å². The number of hydrogen-bond acceptors (Lipinski definition) is 3. The second-order valence-electron chi connectivity index (χ2n) is 5.95. The van der Waals surface area contributed by atoms with Gasteiger partial charge >= 0.3 is 0 Å². The minimum Gasteiger partial charge on any atom is -0.396 e. The highest BCUT2D eigenvalue weighted by Gasteiger charge is 2.25. The Morgan fingerprint density at radius 2 is 2.11 bits per heavy atom. The van der Waals surface area contributed by atoms with Crippen molar-refractivity contribution in [1.82, 2.24) is 15.1 Å². The molecule has 4 heteroatoms. The number of rotatable bonds is 6. The monoisotopic (exact) mass is 253 g/mol. The van der Waals surface area contributed by atoms with Crippen molar-refractivity contribution < 1.29 is 5.11 Å². The minimum absolute atomic E-state index is 0.137. The SMILES string of the molecule is CCn1cc(C(C)NC(CCO)C(C)(C)C)cn1. The zero-order chi connectivity index (χ0) is 13.8. The average Bonchev–Trinajstić information content (AvgIpc) is 2.75. The van der Waals surface area contributed by atoms with Gasteiger partial charge in [0.15, 0.2) is 0 Å². The van der Waals surface area contributed by atoms with E-state index in [1.165, 1.54) is 5.56 Å². The quantitative estimate of drug-likeness (QED) is 0.818. The highest BCUT2D eigenvalue weighted by atomic mass is 16.3. The highest BCUT2D eigenvalue weighted by Crippen LogP contribution is 2.24. The fourth-order valence-corrected chi connectivity index (χ4v) is 2.07. The van der Waals surface area contributed by atoms with Crippen molar-refractivity contribution in [3.8, 4) is 0 Å². The summed E-state index contributed by atoms with van der Waals surface area (Å²) in [5.74, 6) is 0. The molecule has 2 atom stereocenters. The zero-order valence-corrected chi connectivity index (χ0v) is 12.3. The molecule has 0 aromatic carbocycles. The van der Waals surface area contributed by atoms with E-state index in [2.05, 4.69) is 51.2 Å². The van der Waals surface area contributed by atoms with Crippen molar-refractivity contribution >= 4 is 0 Å².